The third-order valence-corrected chi connectivity index (χ3v) is 10.0. The minimum absolute atomic E-state index is 0.0417. The molecule has 52 heavy (non-hydrogen) atoms. The average Bonchev–Trinajstić information content (AvgIpc) is 3.42. The van der Waals surface area contributed by atoms with E-state index in [1.165, 1.54) is 57.7 Å². The number of allylic oxidation sites excluding steroid dienone is 5. The number of phenols is 1. The maximum atomic E-state index is 12.1. The maximum Gasteiger partial charge on any atom is 0.223 e. The number of rotatable bonds is 13. The number of aromatic hydroxyl groups is 1. The van der Waals surface area contributed by atoms with Gasteiger partial charge in [0.1, 0.15) is 11.5 Å². The number of nitrogens with zero attached hydrogens (tertiary/aromatic N) is 4. The number of ketones is 1. The summed E-state index contributed by atoms with van der Waals surface area (Å²) in [5.41, 5.74) is 4.46. The van der Waals surface area contributed by atoms with Crippen molar-refractivity contribution in [1.82, 2.24) is 20.1 Å². The highest BCUT2D eigenvalue weighted by Gasteiger charge is 2.32. The molecule has 0 bridgehead atoms. The molecule has 2 N–H and O–H groups in total. The second kappa shape index (κ2) is 23.7. The molecule has 4 rings (SSSR count). The van der Waals surface area contributed by atoms with E-state index in [1.54, 1.807) is 0 Å². The number of carbonyl (C=O) groups excluding carboxylic acids is 3. The van der Waals surface area contributed by atoms with Gasteiger partial charge in [0.25, 0.3) is 0 Å². The Morgan fingerprint density at radius 1 is 1.02 bits per heavy atom. The van der Waals surface area contributed by atoms with Crippen molar-refractivity contribution in [3.05, 3.63) is 64.8 Å². The van der Waals surface area contributed by atoms with Crippen LogP contribution in [0.25, 0.3) is 0 Å². The Morgan fingerprint density at radius 2 is 1.67 bits per heavy atom. The quantitative estimate of drug-likeness (QED) is 0.0962. The molecule has 2 heterocycles. The third-order valence-electron chi connectivity index (χ3n) is 10.0. The van der Waals surface area contributed by atoms with Crippen molar-refractivity contribution < 1.29 is 24.2 Å². The van der Waals surface area contributed by atoms with E-state index in [9.17, 15) is 19.5 Å². The summed E-state index contributed by atoms with van der Waals surface area (Å²) in [6, 6.07) is 4.15. The molecule has 0 atom stereocenters. The Balaban J connectivity index is 0.000000312. The number of unbranched alkanes of at least 4 members (excludes halogenated alkanes) is 1. The molecule has 10 heteroatoms. The lowest BCUT2D eigenvalue weighted by molar-refractivity contribution is -0.134. The highest BCUT2D eigenvalue weighted by molar-refractivity contribution is 6.03. The van der Waals surface area contributed by atoms with Crippen LogP contribution in [0.15, 0.2) is 53.2 Å². The van der Waals surface area contributed by atoms with E-state index in [1.807, 2.05) is 80.2 Å². The number of aryl methyl sites for hydroxylation is 3. The number of benzene rings is 1. The largest absolute Gasteiger partial charge is 0.507 e. The number of hydrogen-bond acceptors (Lipinski definition) is 8. The first-order chi connectivity index (χ1) is 24.8. The van der Waals surface area contributed by atoms with Crippen LogP contribution >= 0.6 is 0 Å². The van der Waals surface area contributed by atoms with E-state index in [4.69, 9.17) is 4.74 Å². The van der Waals surface area contributed by atoms with Crippen LogP contribution in [-0.2, 0) is 19.1 Å². The Kier molecular flexibility index (Phi) is 20.3. The predicted octanol–water partition coefficient (Wildman–Crippen LogP) is 7.17. The molecule has 2 saturated heterocycles. The van der Waals surface area contributed by atoms with E-state index in [-0.39, 0.29) is 24.2 Å². The molecule has 0 aromatic heterocycles. The normalized spacial score (nSPS) is 17.2. The van der Waals surface area contributed by atoms with Crippen LogP contribution in [0.2, 0.25) is 0 Å². The zero-order valence-corrected chi connectivity index (χ0v) is 33.4. The number of hydrazone groups is 1. The summed E-state index contributed by atoms with van der Waals surface area (Å²) in [5.74, 6) is 1.05. The number of phenolic OH excluding ortho intramolecular Hbond substituents is 1. The van der Waals surface area contributed by atoms with Crippen LogP contribution < -0.4 is 5.32 Å². The molecule has 0 radical (unpaired) electrons. The monoisotopic (exact) mass is 722 g/mol. The van der Waals surface area contributed by atoms with Crippen molar-refractivity contribution in [1.29, 1.82) is 0 Å². The van der Waals surface area contributed by atoms with Gasteiger partial charge < -0.3 is 24.9 Å². The van der Waals surface area contributed by atoms with E-state index >= 15 is 0 Å². The van der Waals surface area contributed by atoms with Gasteiger partial charge in [-0.05, 0) is 104 Å². The Bertz CT molecular complexity index is 1360. The first kappa shape index (κ1) is 44.4. The van der Waals surface area contributed by atoms with Crippen molar-refractivity contribution in [2.45, 2.75) is 124 Å². The van der Waals surface area contributed by atoms with E-state index in [2.05, 4.69) is 36.1 Å². The third kappa shape index (κ3) is 15.5. The first-order valence-electron chi connectivity index (χ1n) is 19.3. The number of carbonyl (C=O) groups is 3. The molecule has 2 amide bonds. The molecule has 1 aromatic carbocycles. The number of nitrogens with one attached hydrogen (secondary N) is 1. The fraction of sp³-hybridized carbons (Fsp3) is 0.619. The molecular formula is C42H67N5O5. The van der Waals surface area contributed by atoms with Crippen LogP contribution in [0.1, 0.15) is 109 Å². The minimum Gasteiger partial charge on any atom is -0.507 e. The smallest absolute Gasteiger partial charge is 0.223 e. The number of Topliss-reactive ketones (excluding diaryl/α,β-unsaturated/α-hetero) is 1. The lowest BCUT2D eigenvalue weighted by Crippen LogP contribution is -2.50. The van der Waals surface area contributed by atoms with Gasteiger partial charge in [-0.1, -0.05) is 68.3 Å². The van der Waals surface area contributed by atoms with Crippen LogP contribution in [0.5, 0.6) is 5.75 Å². The van der Waals surface area contributed by atoms with E-state index in [0.717, 1.165) is 42.8 Å². The Morgan fingerprint density at radius 3 is 2.25 bits per heavy atom. The first-order valence-corrected chi connectivity index (χ1v) is 19.3. The molecule has 290 valence electrons. The number of hydrogen-bond donors (Lipinski definition) is 2. The molecule has 0 saturated carbocycles. The summed E-state index contributed by atoms with van der Waals surface area (Å²) in [4.78, 5) is 38.7. The van der Waals surface area contributed by atoms with Crippen LogP contribution in [0, 0.1) is 20.8 Å². The second-order valence-corrected chi connectivity index (χ2v) is 14.5. The molecule has 2 fully saturated rings. The Hall–Kier alpha value is -3.76. The lowest BCUT2D eigenvalue weighted by atomic mass is 9.89. The number of piperidine rings is 1. The number of ether oxygens (including phenoxy) is 1. The van der Waals surface area contributed by atoms with Gasteiger partial charge in [-0.25, -0.2) is 0 Å². The molecule has 1 aliphatic carbocycles. The highest BCUT2D eigenvalue weighted by atomic mass is 16.5. The SMILES string of the molecule is CC(=O)CCC(=O)N1CCC(N(C)/N=C(\NC=O)C2=CC=CC=CC2)CC1.CCCCN(CCC)C1(C)CCOCC1.Cc1cc(C)c(O)c(C)c1. The van der Waals surface area contributed by atoms with Gasteiger partial charge in [-0.2, -0.15) is 5.10 Å². The van der Waals surface area contributed by atoms with Gasteiger partial charge in [0.05, 0.1) is 6.04 Å². The fourth-order valence-electron chi connectivity index (χ4n) is 6.73. The minimum atomic E-state index is 0.0417. The average molecular weight is 722 g/mol. The molecular weight excluding hydrogens is 654 g/mol. The summed E-state index contributed by atoms with van der Waals surface area (Å²) in [7, 11) is 1.90. The van der Waals surface area contributed by atoms with Crippen molar-refractivity contribution in [3.63, 3.8) is 0 Å². The zero-order chi connectivity index (χ0) is 38.5. The summed E-state index contributed by atoms with van der Waals surface area (Å²) in [6.07, 6.45) is 19.6. The summed E-state index contributed by atoms with van der Waals surface area (Å²) < 4.78 is 5.47. The van der Waals surface area contributed by atoms with Crippen molar-refractivity contribution in [2.24, 2.45) is 5.10 Å². The number of likely N-dealkylation sites (tertiary alicyclic amines) is 1. The summed E-state index contributed by atoms with van der Waals surface area (Å²) in [6.45, 7) is 20.1. The number of amides is 2. The van der Waals surface area contributed by atoms with Crippen molar-refractivity contribution >= 4 is 23.9 Å². The highest BCUT2D eigenvalue weighted by Crippen LogP contribution is 2.28. The summed E-state index contributed by atoms with van der Waals surface area (Å²) >= 11 is 0. The molecule has 10 nitrogen and oxygen atoms in total. The maximum absolute atomic E-state index is 12.1. The molecule has 0 spiro atoms. The lowest BCUT2D eigenvalue weighted by Gasteiger charge is -2.44. The zero-order valence-electron chi connectivity index (χ0n) is 33.4. The van der Waals surface area contributed by atoms with Gasteiger partial charge in [-0.15, -0.1) is 0 Å². The van der Waals surface area contributed by atoms with Crippen molar-refractivity contribution in [2.75, 3.05) is 46.4 Å². The van der Waals surface area contributed by atoms with Gasteiger partial charge in [0, 0.05) is 57.3 Å². The van der Waals surface area contributed by atoms with Crippen LogP contribution in [0.3, 0.4) is 0 Å². The van der Waals surface area contributed by atoms with Crippen LogP contribution in [-0.4, -0.2) is 102 Å². The molecule has 0 unspecified atom stereocenters. The second-order valence-electron chi connectivity index (χ2n) is 14.5. The summed E-state index contributed by atoms with van der Waals surface area (Å²) in [5, 5.41) is 18.5. The van der Waals surface area contributed by atoms with E-state index < -0.39 is 0 Å². The van der Waals surface area contributed by atoms with Gasteiger partial charge >= 0.3 is 0 Å². The van der Waals surface area contributed by atoms with Crippen molar-refractivity contribution in [3.8, 4) is 5.75 Å². The Labute approximate surface area is 314 Å². The predicted molar refractivity (Wildman–Crippen MR) is 212 cm³/mol. The van der Waals surface area contributed by atoms with Gasteiger partial charge in [0.15, 0.2) is 5.84 Å². The van der Waals surface area contributed by atoms with Crippen LogP contribution in [0.4, 0.5) is 0 Å². The molecule has 3 aliphatic rings. The van der Waals surface area contributed by atoms with Gasteiger partial charge in [-0.3, -0.25) is 19.5 Å². The fourth-order valence-corrected chi connectivity index (χ4v) is 6.73. The standard InChI is InChI=1S/C20H28N4O3.C13H27NO.C9H12O/c1-16(26)9-10-19(27)24-13-11-18(12-14-24)23(2)22-20(21-15-25)17-7-5-3-4-6-8-17;1-4-6-10-14(9-5-2)13(3)7-11-15-12-8-13;1-6-4-7(2)9(10)8(3)5-6/h3-7,15,18H,8-14H2,1-2H3,(H,21,22,25);4-12H2,1-3H3;4-5,10H,1-3H3. The molecule has 1 aromatic rings. The number of amidine groups is 1. The van der Waals surface area contributed by atoms with Gasteiger partial charge in [0.2, 0.25) is 12.3 Å². The topological polar surface area (TPSA) is 115 Å². The molecule has 2 aliphatic heterocycles. The van der Waals surface area contributed by atoms with E-state index in [0.29, 0.717) is 49.5 Å².